The summed E-state index contributed by atoms with van der Waals surface area (Å²) >= 11 is 1.42. The normalized spacial score (nSPS) is 12.1. The van der Waals surface area contributed by atoms with Crippen molar-refractivity contribution in [2.75, 3.05) is 0 Å². The minimum Gasteiger partial charge on any atom is -0.353 e. The summed E-state index contributed by atoms with van der Waals surface area (Å²) in [5, 5.41) is 8.61. The predicted octanol–water partition coefficient (Wildman–Crippen LogP) is 1.51. The van der Waals surface area contributed by atoms with E-state index in [1.54, 1.807) is 17.1 Å². The molecule has 0 bridgehead atoms. The summed E-state index contributed by atoms with van der Waals surface area (Å²) < 4.78 is 1.60. The molecule has 0 fully saturated rings. The van der Waals surface area contributed by atoms with Crippen LogP contribution in [0.3, 0.4) is 0 Å². The van der Waals surface area contributed by atoms with Crippen LogP contribution >= 0.6 is 11.3 Å². The number of rotatable bonds is 7. The van der Waals surface area contributed by atoms with Gasteiger partial charge in [0.05, 0.1) is 11.4 Å². The number of carbonyl (C=O) groups excluding carboxylic acids is 2. The summed E-state index contributed by atoms with van der Waals surface area (Å²) in [7, 11) is 0. The van der Waals surface area contributed by atoms with Crippen LogP contribution in [0.15, 0.2) is 30.2 Å². The molecule has 2 aromatic rings. The SMILES string of the molecule is CC(CC(=O)c1cccs1)NC(=O)CCn1cncn1. The van der Waals surface area contributed by atoms with Crippen molar-refractivity contribution in [1.82, 2.24) is 20.1 Å². The molecule has 1 N–H and O–H groups in total. The Bertz CT molecular complexity index is 551. The van der Waals surface area contributed by atoms with E-state index in [4.69, 9.17) is 0 Å². The van der Waals surface area contributed by atoms with Crippen molar-refractivity contribution in [1.29, 1.82) is 0 Å². The third-order valence-electron chi connectivity index (χ3n) is 2.73. The predicted molar refractivity (Wildman–Crippen MR) is 75.5 cm³/mol. The molecule has 0 radical (unpaired) electrons. The molecule has 1 unspecified atom stereocenters. The molecule has 7 heteroatoms. The molecular formula is C13H16N4O2S. The minimum absolute atomic E-state index is 0.0593. The maximum absolute atomic E-state index is 11.9. The van der Waals surface area contributed by atoms with Crippen LogP contribution in [0.1, 0.15) is 29.4 Å². The molecule has 0 saturated heterocycles. The summed E-state index contributed by atoms with van der Waals surface area (Å²) in [6, 6.07) is 3.47. The number of hydrogen-bond acceptors (Lipinski definition) is 5. The molecule has 0 saturated carbocycles. The Labute approximate surface area is 120 Å². The van der Waals surface area contributed by atoms with E-state index in [0.717, 1.165) is 4.88 Å². The molecule has 2 heterocycles. The van der Waals surface area contributed by atoms with Gasteiger partial charge in [0.25, 0.3) is 0 Å². The first kappa shape index (κ1) is 14.4. The highest BCUT2D eigenvalue weighted by Crippen LogP contribution is 2.12. The topological polar surface area (TPSA) is 76.9 Å². The largest absolute Gasteiger partial charge is 0.353 e. The second-order valence-corrected chi connectivity index (χ2v) is 5.43. The van der Waals surface area contributed by atoms with E-state index in [1.807, 2.05) is 18.4 Å². The van der Waals surface area contributed by atoms with Crippen molar-refractivity contribution < 1.29 is 9.59 Å². The van der Waals surface area contributed by atoms with Crippen LogP contribution in [0, 0.1) is 0 Å². The number of aryl methyl sites for hydroxylation is 1. The lowest BCUT2D eigenvalue weighted by molar-refractivity contribution is -0.121. The van der Waals surface area contributed by atoms with Gasteiger partial charge in [-0.2, -0.15) is 5.10 Å². The number of aromatic nitrogens is 3. The average molecular weight is 292 g/mol. The van der Waals surface area contributed by atoms with Gasteiger partial charge >= 0.3 is 0 Å². The number of nitrogens with zero attached hydrogens (tertiary/aromatic N) is 3. The fraction of sp³-hybridized carbons (Fsp3) is 0.385. The van der Waals surface area contributed by atoms with Crippen LogP contribution in [0.5, 0.6) is 0 Å². The highest BCUT2D eigenvalue weighted by atomic mass is 32.1. The Morgan fingerprint density at radius 1 is 1.50 bits per heavy atom. The van der Waals surface area contributed by atoms with Gasteiger partial charge in [-0.05, 0) is 18.4 Å². The number of amides is 1. The van der Waals surface area contributed by atoms with Crippen LogP contribution in [-0.4, -0.2) is 32.5 Å². The number of thiophene rings is 1. The van der Waals surface area contributed by atoms with Crippen LogP contribution in [0.2, 0.25) is 0 Å². The second-order valence-electron chi connectivity index (χ2n) is 4.48. The lowest BCUT2D eigenvalue weighted by Gasteiger charge is -2.12. The monoisotopic (exact) mass is 292 g/mol. The summed E-state index contributed by atoms with van der Waals surface area (Å²) in [5.41, 5.74) is 0. The lowest BCUT2D eigenvalue weighted by Crippen LogP contribution is -2.34. The van der Waals surface area contributed by atoms with Gasteiger partial charge in [-0.25, -0.2) is 4.98 Å². The fourth-order valence-corrected chi connectivity index (χ4v) is 2.45. The van der Waals surface area contributed by atoms with Crippen molar-refractivity contribution in [3.63, 3.8) is 0 Å². The first-order chi connectivity index (χ1) is 9.65. The molecular weight excluding hydrogens is 276 g/mol. The Hall–Kier alpha value is -2.02. The molecule has 6 nitrogen and oxygen atoms in total. The van der Waals surface area contributed by atoms with Crippen molar-refractivity contribution in [2.24, 2.45) is 0 Å². The molecule has 0 spiro atoms. The number of Topliss-reactive ketones (excluding diaryl/α,β-unsaturated/α-hetero) is 1. The van der Waals surface area contributed by atoms with Crippen LogP contribution in [0.4, 0.5) is 0 Å². The lowest BCUT2D eigenvalue weighted by atomic mass is 10.1. The van der Waals surface area contributed by atoms with Gasteiger partial charge in [0.2, 0.25) is 5.91 Å². The quantitative estimate of drug-likeness (QED) is 0.785. The van der Waals surface area contributed by atoms with E-state index in [0.29, 0.717) is 19.4 Å². The molecule has 2 rings (SSSR count). The van der Waals surface area contributed by atoms with Gasteiger partial charge in [-0.15, -0.1) is 11.3 Å². The van der Waals surface area contributed by atoms with Crippen LogP contribution < -0.4 is 5.32 Å². The second kappa shape index (κ2) is 6.95. The Kier molecular flexibility index (Phi) is 5.00. The summed E-state index contributed by atoms with van der Waals surface area (Å²) in [6.45, 7) is 2.32. The van der Waals surface area contributed by atoms with Gasteiger partial charge in [0, 0.05) is 18.9 Å². The van der Waals surface area contributed by atoms with E-state index < -0.39 is 0 Å². The standard InChI is InChI=1S/C13H16N4O2S/c1-10(7-11(18)12-3-2-6-20-12)16-13(19)4-5-17-9-14-8-15-17/h2-3,6,8-10H,4-5,7H2,1H3,(H,16,19). The molecule has 2 aromatic heterocycles. The van der Waals surface area contributed by atoms with Crippen LogP contribution in [0.25, 0.3) is 0 Å². The number of nitrogens with one attached hydrogen (secondary N) is 1. The Morgan fingerprint density at radius 2 is 2.35 bits per heavy atom. The molecule has 106 valence electrons. The number of hydrogen-bond donors (Lipinski definition) is 1. The van der Waals surface area contributed by atoms with E-state index in [9.17, 15) is 9.59 Å². The molecule has 0 aromatic carbocycles. The summed E-state index contributed by atoms with van der Waals surface area (Å²) in [4.78, 5) is 28.2. The minimum atomic E-state index is -0.173. The molecule has 20 heavy (non-hydrogen) atoms. The van der Waals surface area contributed by atoms with Gasteiger partial charge < -0.3 is 5.32 Å². The van der Waals surface area contributed by atoms with Crippen molar-refractivity contribution in [3.05, 3.63) is 35.0 Å². The van der Waals surface area contributed by atoms with Gasteiger partial charge in [0.1, 0.15) is 12.7 Å². The molecule has 0 aliphatic heterocycles. The van der Waals surface area contributed by atoms with E-state index in [2.05, 4.69) is 15.4 Å². The van der Waals surface area contributed by atoms with Crippen molar-refractivity contribution in [3.8, 4) is 0 Å². The van der Waals surface area contributed by atoms with E-state index >= 15 is 0 Å². The smallest absolute Gasteiger partial charge is 0.222 e. The zero-order valence-corrected chi connectivity index (χ0v) is 12.0. The van der Waals surface area contributed by atoms with E-state index in [1.165, 1.54) is 17.7 Å². The molecule has 1 amide bonds. The average Bonchev–Trinajstić information content (AvgIpc) is 3.09. The highest BCUT2D eigenvalue weighted by molar-refractivity contribution is 7.12. The fourth-order valence-electron chi connectivity index (χ4n) is 1.78. The third-order valence-corrected chi connectivity index (χ3v) is 3.64. The summed E-state index contributed by atoms with van der Waals surface area (Å²) in [6.07, 6.45) is 3.63. The zero-order valence-electron chi connectivity index (χ0n) is 11.2. The van der Waals surface area contributed by atoms with Crippen molar-refractivity contribution >= 4 is 23.0 Å². The number of ketones is 1. The van der Waals surface area contributed by atoms with Crippen LogP contribution in [-0.2, 0) is 11.3 Å². The molecule has 0 aliphatic rings. The van der Waals surface area contributed by atoms with Gasteiger partial charge in [-0.1, -0.05) is 6.07 Å². The first-order valence-electron chi connectivity index (χ1n) is 6.33. The Balaban J connectivity index is 1.72. The highest BCUT2D eigenvalue weighted by Gasteiger charge is 2.14. The maximum Gasteiger partial charge on any atom is 0.222 e. The van der Waals surface area contributed by atoms with E-state index in [-0.39, 0.29) is 17.7 Å². The zero-order chi connectivity index (χ0) is 14.4. The molecule has 1 atom stereocenters. The number of carbonyl (C=O) groups is 2. The maximum atomic E-state index is 11.9. The first-order valence-corrected chi connectivity index (χ1v) is 7.21. The van der Waals surface area contributed by atoms with Gasteiger partial charge in [-0.3, -0.25) is 14.3 Å². The Morgan fingerprint density at radius 3 is 3.00 bits per heavy atom. The summed E-state index contributed by atoms with van der Waals surface area (Å²) in [5.74, 6) is -0.0314. The third kappa shape index (κ3) is 4.27. The molecule has 0 aliphatic carbocycles. The van der Waals surface area contributed by atoms with Crippen molar-refractivity contribution in [2.45, 2.75) is 32.4 Å². The van der Waals surface area contributed by atoms with Gasteiger partial charge in [0.15, 0.2) is 5.78 Å².